The molecule has 3 atom stereocenters. The monoisotopic (exact) mass is 791 g/mol. The molecule has 57 heavy (non-hydrogen) atoms. The van der Waals surface area contributed by atoms with Crippen LogP contribution in [-0.2, 0) is 35.3 Å². The molecular formula is C47H70N2O8+2. The summed E-state index contributed by atoms with van der Waals surface area (Å²) < 4.78 is 41.1. The van der Waals surface area contributed by atoms with Crippen LogP contribution in [0.25, 0.3) is 0 Å². The molecule has 0 aromatic heterocycles. The van der Waals surface area contributed by atoms with Crippen LogP contribution in [0.5, 0.6) is 34.5 Å². The van der Waals surface area contributed by atoms with Gasteiger partial charge in [-0.1, -0.05) is 44.6 Å². The van der Waals surface area contributed by atoms with Crippen LogP contribution in [0.1, 0.15) is 98.1 Å². The van der Waals surface area contributed by atoms with Gasteiger partial charge in [0.15, 0.2) is 34.5 Å². The zero-order valence-electron chi connectivity index (χ0n) is 36.2. The number of ether oxygens (including phenoxy) is 7. The highest BCUT2D eigenvalue weighted by Gasteiger charge is 2.40. The lowest BCUT2D eigenvalue weighted by atomic mass is 9.86. The molecule has 0 aliphatic carbocycles. The second-order valence-electron chi connectivity index (χ2n) is 16.6. The molecule has 3 aromatic rings. The number of carbonyl (C=O) groups is 1. The standard InChI is InChI=1S/C47H70N2O8/c1-48(24-20-36-30-43(53-5)45(55-7)32-38(36)34-48)25-22-47(50)57-27-17-15-13-11-9-10-12-14-16-23-49(2)26-21-37-31-44(54-6)46(56-8)33-39(37)40(49)28-35-18-19-41(51-3)42(29-35)52-4/h18-19,29-33,40H,9-17,20-28,34H2,1-8H3/q+2/t40-,48?,49?/m0/s1. The maximum Gasteiger partial charge on any atom is 0.311 e. The minimum atomic E-state index is -0.0791. The predicted molar refractivity (Wildman–Crippen MR) is 225 cm³/mol. The number of benzene rings is 3. The summed E-state index contributed by atoms with van der Waals surface area (Å²) in [5, 5.41) is 0. The van der Waals surface area contributed by atoms with Gasteiger partial charge in [0.1, 0.15) is 12.6 Å². The average Bonchev–Trinajstić information content (AvgIpc) is 3.23. The summed E-state index contributed by atoms with van der Waals surface area (Å²) in [4.78, 5) is 12.6. The van der Waals surface area contributed by atoms with E-state index in [2.05, 4.69) is 50.5 Å². The van der Waals surface area contributed by atoms with Crippen LogP contribution < -0.4 is 28.4 Å². The Morgan fingerprint density at radius 2 is 1.11 bits per heavy atom. The van der Waals surface area contributed by atoms with Gasteiger partial charge in [-0.15, -0.1) is 0 Å². The Balaban J connectivity index is 0.984. The average molecular weight is 791 g/mol. The number of nitrogens with zero attached hydrogens (tertiary/aromatic N) is 2. The van der Waals surface area contributed by atoms with Crippen molar-refractivity contribution in [2.45, 2.75) is 96.1 Å². The lowest BCUT2D eigenvalue weighted by Gasteiger charge is -2.46. The van der Waals surface area contributed by atoms with E-state index in [-0.39, 0.29) is 5.97 Å². The smallest absolute Gasteiger partial charge is 0.311 e. The minimum absolute atomic E-state index is 0.0791. The number of likely N-dealkylation sites (N-methyl/N-ethyl adjacent to an activating group) is 2. The second kappa shape index (κ2) is 21.0. The molecule has 0 saturated heterocycles. The van der Waals surface area contributed by atoms with Crippen molar-refractivity contribution in [1.82, 2.24) is 0 Å². The Bertz CT molecular complexity index is 1760. The highest BCUT2D eigenvalue weighted by Crippen LogP contribution is 2.43. The van der Waals surface area contributed by atoms with E-state index in [4.69, 9.17) is 33.2 Å². The summed E-state index contributed by atoms with van der Waals surface area (Å²) in [6.45, 7) is 5.42. The molecule has 0 N–H and O–H groups in total. The number of esters is 1. The quantitative estimate of drug-likeness (QED) is 0.0537. The maximum atomic E-state index is 12.6. The molecule has 2 aliphatic heterocycles. The van der Waals surface area contributed by atoms with Crippen LogP contribution in [0.15, 0.2) is 42.5 Å². The SMILES string of the molecule is COc1ccc(C[C@H]2c3cc(OC)c(OC)cc3CC[N+]2(C)CCCCCCCCCCCOC(=O)CC[N+]2(C)CCc3cc(OC)c(OC)cc3C2)cc1OC. The van der Waals surface area contributed by atoms with Crippen LogP contribution in [0.4, 0.5) is 0 Å². The molecule has 2 heterocycles. The van der Waals surface area contributed by atoms with Crippen molar-refractivity contribution in [1.29, 1.82) is 0 Å². The molecule has 314 valence electrons. The van der Waals surface area contributed by atoms with E-state index >= 15 is 0 Å². The van der Waals surface area contributed by atoms with Crippen LogP contribution in [0, 0.1) is 0 Å². The van der Waals surface area contributed by atoms with Gasteiger partial charge in [-0.05, 0) is 72.4 Å². The Morgan fingerprint density at radius 3 is 1.74 bits per heavy atom. The van der Waals surface area contributed by atoms with Crippen LogP contribution >= 0.6 is 0 Å². The van der Waals surface area contributed by atoms with Gasteiger partial charge in [-0.25, -0.2) is 0 Å². The predicted octanol–water partition coefficient (Wildman–Crippen LogP) is 8.67. The Kier molecular flexibility index (Phi) is 16.2. The van der Waals surface area contributed by atoms with E-state index in [0.717, 1.165) is 108 Å². The lowest BCUT2D eigenvalue weighted by Crippen LogP contribution is -2.52. The highest BCUT2D eigenvalue weighted by atomic mass is 16.5. The summed E-state index contributed by atoms with van der Waals surface area (Å²) in [5.41, 5.74) is 6.53. The first kappa shape index (κ1) is 44.0. The topological polar surface area (TPSA) is 81.7 Å². The van der Waals surface area contributed by atoms with Gasteiger partial charge in [0.05, 0.1) is 96.0 Å². The molecule has 5 rings (SSSR count). The fraction of sp³-hybridized carbons (Fsp3) is 0.596. The molecule has 2 unspecified atom stereocenters. The van der Waals surface area contributed by atoms with Gasteiger partial charge in [-0.2, -0.15) is 0 Å². The zero-order chi connectivity index (χ0) is 40.8. The molecule has 2 aliphatic rings. The number of quaternary nitrogens is 2. The minimum Gasteiger partial charge on any atom is -0.493 e. The van der Waals surface area contributed by atoms with Crippen molar-refractivity contribution in [2.75, 3.05) is 89.5 Å². The third-order valence-corrected chi connectivity index (χ3v) is 12.6. The first-order valence-electron chi connectivity index (χ1n) is 21.1. The molecule has 0 amide bonds. The first-order valence-corrected chi connectivity index (χ1v) is 21.1. The van der Waals surface area contributed by atoms with E-state index in [0.29, 0.717) is 19.1 Å². The molecule has 0 spiro atoms. The lowest BCUT2D eigenvalue weighted by molar-refractivity contribution is -0.941. The van der Waals surface area contributed by atoms with Crippen LogP contribution in [-0.4, -0.2) is 104 Å². The summed E-state index contributed by atoms with van der Waals surface area (Å²) in [7, 11) is 14.8. The van der Waals surface area contributed by atoms with Gasteiger partial charge < -0.3 is 42.1 Å². The molecule has 10 nitrogen and oxygen atoms in total. The maximum absolute atomic E-state index is 12.6. The second-order valence-corrected chi connectivity index (χ2v) is 16.6. The van der Waals surface area contributed by atoms with Crippen molar-refractivity contribution >= 4 is 5.97 Å². The number of methoxy groups -OCH3 is 6. The van der Waals surface area contributed by atoms with Crippen molar-refractivity contribution < 1.29 is 46.9 Å². The van der Waals surface area contributed by atoms with E-state index in [1.807, 2.05) is 6.07 Å². The van der Waals surface area contributed by atoms with E-state index in [1.165, 1.54) is 72.8 Å². The Labute approximate surface area is 342 Å². The summed E-state index contributed by atoms with van der Waals surface area (Å²) >= 11 is 0. The van der Waals surface area contributed by atoms with Crippen LogP contribution in [0.2, 0.25) is 0 Å². The summed E-state index contributed by atoms with van der Waals surface area (Å²) in [6.07, 6.45) is 14.1. The van der Waals surface area contributed by atoms with Gasteiger partial charge in [0.25, 0.3) is 0 Å². The number of unbranched alkanes of at least 4 members (excludes halogenated alkanes) is 8. The third-order valence-electron chi connectivity index (χ3n) is 12.6. The van der Waals surface area contributed by atoms with Crippen molar-refractivity contribution in [3.05, 3.63) is 70.3 Å². The van der Waals surface area contributed by atoms with Gasteiger partial charge in [0.2, 0.25) is 0 Å². The fourth-order valence-electron chi connectivity index (χ4n) is 9.01. The van der Waals surface area contributed by atoms with E-state index in [9.17, 15) is 4.79 Å². The van der Waals surface area contributed by atoms with Gasteiger partial charge in [0, 0.05) is 30.4 Å². The molecule has 0 bridgehead atoms. The largest absolute Gasteiger partial charge is 0.493 e. The summed E-state index contributed by atoms with van der Waals surface area (Å²) in [5.74, 6) is 4.57. The molecule has 10 heteroatoms. The fourth-order valence-corrected chi connectivity index (χ4v) is 9.01. The van der Waals surface area contributed by atoms with Gasteiger partial charge >= 0.3 is 5.97 Å². The van der Waals surface area contributed by atoms with Crippen molar-refractivity contribution in [3.63, 3.8) is 0 Å². The molecular weight excluding hydrogens is 721 g/mol. The highest BCUT2D eigenvalue weighted by molar-refractivity contribution is 5.69. The Hall–Kier alpha value is -4.15. The number of rotatable bonds is 23. The first-order chi connectivity index (χ1) is 27.6. The molecule has 0 saturated carbocycles. The number of carbonyl (C=O) groups excluding carboxylic acids is 1. The molecule has 0 radical (unpaired) electrons. The molecule has 0 fully saturated rings. The normalized spacial score (nSPS) is 19.9. The zero-order valence-corrected chi connectivity index (χ0v) is 36.2. The van der Waals surface area contributed by atoms with Crippen molar-refractivity contribution in [3.8, 4) is 34.5 Å². The van der Waals surface area contributed by atoms with Crippen molar-refractivity contribution in [2.24, 2.45) is 0 Å². The Morgan fingerprint density at radius 1 is 0.579 bits per heavy atom. The number of hydrogen-bond donors (Lipinski definition) is 0. The number of fused-ring (bicyclic) bond motifs is 2. The van der Waals surface area contributed by atoms with E-state index < -0.39 is 0 Å². The number of hydrogen-bond acceptors (Lipinski definition) is 8. The molecule has 3 aromatic carbocycles. The van der Waals surface area contributed by atoms with E-state index in [1.54, 1.807) is 42.7 Å². The van der Waals surface area contributed by atoms with Crippen LogP contribution in [0.3, 0.4) is 0 Å². The third kappa shape index (κ3) is 11.5. The summed E-state index contributed by atoms with van der Waals surface area (Å²) in [6, 6.07) is 15.2. The van der Waals surface area contributed by atoms with Gasteiger partial charge in [-0.3, -0.25) is 4.79 Å².